The summed E-state index contributed by atoms with van der Waals surface area (Å²) in [7, 11) is 1.62. The van der Waals surface area contributed by atoms with Gasteiger partial charge >= 0.3 is 5.97 Å². The molecule has 0 amide bonds. The Morgan fingerprint density at radius 2 is 2.17 bits per heavy atom. The maximum atomic E-state index is 10.9. The molecule has 0 aliphatic heterocycles. The van der Waals surface area contributed by atoms with Crippen LogP contribution >= 0.6 is 15.9 Å². The molecule has 0 heterocycles. The fourth-order valence-electron chi connectivity index (χ4n) is 1.41. The second-order valence-corrected chi connectivity index (χ2v) is 5.62. The summed E-state index contributed by atoms with van der Waals surface area (Å²) in [4.78, 5) is 10.9. The largest absolute Gasteiger partial charge is 0.496 e. The minimum Gasteiger partial charge on any atom is -0.496 e. The van der Waals surface area contributed by atoms with E-state index in [1.54, 1.807) is 21.0 Å². The van der Waals surface area contributed by atoms with Crippen molar-refractivity contribution < 1.29 is 14.6 Å². The number of nitrogens with one attached hydrogen (secondary N) is 1. The molecule has 0 saturated carbocycles. The number of benzene rings is 1. The number of methoxy groups -OCH3 is 1. The van der Waals surface area contributed by atoms with Crippen LogP contribution in [0.2, 0.25) is 0 Å². The summed E-state index contributed by atoms with van der Waals surface area (Å²) in [5, 5.41) is 12.1. The highest BCUT2D eigenvalue weighted by Gasteiger charge is 2.26. The SMILES string of the molecule is COc1ccc(CNCC(C)(C)C(=O)O)cc1Br. The molecule has 4 nitrogen and oxygen atoms in total. The summed E-state index contributed by atoms with van der Waals surface area (Å²) >= 11 is 3.42. The first kappa shape index (κ1) is 15.0. The number of carbonyl (C=O) groups is 1. The van der Waals surface area contributed by atoms with Gasteiger partial charge in [0.25, 0.3) is 0 Å². The molecule has 0 bridgehead atoms. The van der Waals surface area contributed by atoms with Gasteiger partial charge in [0.05, 0.1) is 17.0 Å². The van der Waals surface area contributed by atoms with E-state index in [1.165, 1.54) is 0 Å². The second kappa shape index (κ2) is 6.20. The lowest BCUT2D eigenvalue weighted by Crippen LogP contribution is -2.35. The molecule has 0 aromatic heterocycles. The molecule has 0 radical (unpaired) electrons. The third kappa shape index (κ3) is 3.99. The summed E-state index contributed by atoms with van der Waals surface area (Å²) in [5.41, 5.74) is 0.313. The molecule has 0 spiro atoms. The molecule has 0 aliphatic carbocycles. The first-order valence-corrected chi connectivity index (χ1v) is 6.42. The lowest BCUT2D eigenvalue weighted by atomic mass is 9.94. The van der Waals surface area contributed by atoms with Crippen molar-refractivity contribution >= 4 is 21.9 Å². The first-order chi connectivity index (χ1) is 8.36. The highest BCUT2D eigenvalue weighted by Crippen LogP contribution is 2.25. The monoisotopic (exact) mass is 315 g/mol. The van der Waals surface area contributed by atoms with Crippen molar-refractivity contribution in [3.05, 3.63) is 28.2 Å². The quantitative estimate of drug-likeness (QED) is 0.847. The standard InChI is InChI=1S/C13H18BrNO3/c1-13(2,12(16)17)8-15-7-9-4-5-11(18-3)10(14)6-9/h4-6,15H,7-8H2,1-3H3,(H,16,17). The summed E-state index contributed by atoms with van der Waals surface area (Å²) in [6.45, 7) is 4.45. The van der Waals surface area contributed by atoms with E-state index in [0.717, 1.165) is 15.8 Å². The van der Waals surface area contributed by atoms with E-state index in [0.29, 0.717) is 13.1 Å². The molecule has 1 rings (SSSR count). The van der Waals surface area contributed by atoms with Crippen LogP contribution in [-0.2, 0) is 11.3 Å². The van der Waals surface area contributed by atoms with Crippen LogP contribution in [0, 0.1) is 5.41 Å². The van der Waals surface area contributed by atoms with Crippen LogP contribution in [0.5, 0.6) is 5.75 Å². The Morgan fingerprint density at radius 1 is 1.50 bits per heavy atom. The van der Waals surface area contributed by atoms with Gasteiger partial charge in [0, 0.05) is 13.1 Å². The fraction of sp³-hybridized carbons (Fsp3) is 0.462. The number of halogens is 1. The van der Waals surface area contributed by atoms with Gasteiger partial charge in [0.1, 0.15) is 5.75 Å². The average Bonchev–Trinajstić information content (AvgIpc) is 2.29. The van der Waals surface area contributed by atoms with Crippen molar-refractivity contribution in [1.82, 2.24) is 5.32 Å². The highest BCUT2D eigenvalue weighted by molar-refractivity contribution is 9.10. The molecule has 0 saturated heterocycles. The minimum absolute atomic E-state index is 0.423. The molecule has 0 atom stereocenters. The van der Waals surface area contributed by atoms with Crippen molar-refractivity contribution in [2.45, 2.75) is 20.4 Å². The van der Waals surface area contributed by atoms with Crippen molar-refractivity contribution in [2.24, 2.45) is 5.41 Å². The Balaban J connectivity index is 2.55. The number of carboxylic acids is 1. The number of rotatable bonds is 6. The smallest absolute Gasteiger partial charge is 0.310 e. The lowest BCUT2D eigenvalue weighted by molar-refractivity contribution is -0.146. The van der Waals surface area contributed by atoms with Gasteiger partial charge in [-0.05, 0) is 47.5 Å². The molecule has 0 unspecified atom stereocenters. The van der Waals surface area contributed by atoms with Crippen molar-refractivity contribution in [3.63, 3.8) is 0 Å². The summed E-state index contributed by atoms with van der Waals surface area (Å²) < 4.78 is 6.04. The van der Waals surface area contributed by atoms with Crippen molar-refractivity contribution in [3.8, 4) is 5.75 Å². The van der Waals surface area contributed by atoms with Gasteiger partial charge < -0.3 is 15.2 Å². The van der Waals surface area contributed by atoms with Gasteiger partial charge in [-0.1, -0.05) is 6.07 Å². The van der Waals surface area contributed by atoms with Crippen LogP contribution in [0.1, 0.15) is 19.4 Å². The summed E-state index contributed by atoms with van der Waals surface area (Å²) in [6.07, 6.45) is 0. The number of hydrogen-bond donors (Lipinski definition) is 2. The Labute approximate surface area is 115 Å². The van der Waals surface area contributed by atoms with E-state index in [1.807, 2.05) is 18.2 Å². The van der Waals surface area contributed by atoms with Crippen LogP contribution in [0.3, 0.4) is 0 Å². The zero-order valence-corrected chi connectivity index (χ0v) is 12.4. The van der Waals surface area contributed by atoms with Gasteiger partial charge in [0.2, 0.25) is 0 Å². The average molecular weight is 316 g/mol. The van der Waals surface area contributed by atoms with Crippen molar-refractivity contribution in [2.75, 3.05) is 13.7 Å². The predicted molar refractivity (Wildman–Crippen MR) is 73.8 cm³/mol. The number of carboxylic acid groups (broad SMARTS) is 1. The lowest BCUT2D eigenvalue weighted by Gasteiger charge is -2.19. The molecule has 5 heteroatoms. The van der Waals surface area contributed by atoms with Crippen LogP contribution in [-0.4, -0.2) is 24.7 Å². The third-order valence-corrected chi connectivity index (χ3v) is 3.31. The Morgan fingerprint density at radius 3 is 2.67 bits per heavy atom. The second-order valence-electron chi connectivity index (χ2n) is 4.76. The number of ether oxygens (including phenoxy) is 1. The Hall–Kier alpha value is -1.07. The molecule has 1 aromatic carbocycles. The molecule has 0 fully saturated rings. The fourth-order valence-corrected chi connectivity index (χ4v) is 2.00. The van der Waals surface area contributed by atoms with Gasteiger partial charge in [-0.25, -0.2) is 0 Å². The molecule has 0 aliphatic rings. The van der Waals surface area contributed by atoms with E-state index in [9.17, 15) is 4.79 Å². The Bertz CT molecular complexity index is 432. The highest BCUT2D eigenvalue weighted by atomic mass is 79.9. The topological polar surface area (TPSA) is 58.6 Å². The molecular weight excluding hydrogens is 298 g/mol. The number of hydrogen-bond acceptors (Lipinski definition) is 3. The van der Waals surface area contributed by atoms with Gasteiger partial charge in [0.15, 0.2) is 0 Å². The number of aliphatic carboxylic acids is 1. The van der Waals surface area contributed by atoms with E-state index in [4.69, 9.17) is 9.84 Å². The van der Waals surface area contributed by atoms with E-state index < -0.39 is 11.4 Å². The Kier molecular flexibility index (Phi) is 5.16. The van der Waals surface area contributed by atoms with Crippen molar-refractivity contribution in [1.29, 1.82) is 0 Å². The predicted octanol–water partition coefficient (Wildman–Crippen LogP) is 2.66. The van der Waals surface area contributed by atoms with Gasteiger partial charge in [-0.15, -0.1) is 0 Å². The van der Waals surface area contributed by atoms with Crippen LogP contribution in [0.4, 0.5) is 0 Å². The van der Waals surface area contributed by atoms with Crippen LogP contribution < -0.4 is 10.1 Å². The summed E-state index contributed by atoms with van der Waals surface area (Å²) in [6, 6.07) is 5.79. The molecule has 1 aromatic rings. The summed E-state index contributed by atoms with van der Waals surface area (Å²) in [5.74, 6) is -0.0180. The minimum atomic E-state index is -0.800. The maximum Gasteiger partial charge on any atom is 0.310 e. The molecule has 100 valence electrons. The van der Waals surface area contributed by atoms with E-state index >= 15 is 0 Å². The molecule has 2 N–H and O–H groups in total. The first-order valence-electron chi connectivity index (χ1n) is 5.63. The zero-order chi connectivity index (χ0) is 13.8. The van der Waals surface area contributed by atoms with Crippen LogP contribution in [0.25, 0.3) is 0 Å². The maximum absolute atomic E-state index is 10.9. The zero-order valence-electron chi connectivity index (χ0n) is 10.8. The van der Waals surface area contributed by atoms with Gasteiger partial charge in [-0.2, -0.15) is 0 Å². The third-order valence-electron chi connectivity index (χ3n) is 2.69. The van der Waals surface area contributed by atoms with E-state index in [2.05, 4.69) is 21.2 Å². The van der Waals surface area contributed by atoms with Gasteiger partial charge in [-0.3, -0.25) is 4.79 Å². The molecular formula is C13H18BrNO3. The van der Waals surface area contributed by atoms with E-state index in [-0.39, 0.29) is 0 Å². The molecule has 18 heavy (non-hydrogen) atoms. The normalized spacial score (nSPS) is 11.3. The van der Waals surface area contributed by atoms with Crippen LogP contribution in [0.15, 0.2) is 22.7 Å².